The summed E-state index contributed by atoms with van der Waals surface area (Å²) >= 11 is 0. The quantitative estimate of drug-likeness (QED) is 0.225. The molecular formula is C28H25N4P. The first kappa shape index (κ1) is 20.9. The lowest BCUT2D eigenvalue weighted by atomic mass is 10.2. The molecular weight excluding hydrogens is 423 g/mol. The van der Waals surface area contributed by atoms with Crippen molar-refractivity contribution in [3.63, 3.8) is 0 Å². The number of aromatic nitrogens is 1. The Morgan fingerprint density at radius 3 is 1.58 bits per heavy atom. The van der Waals surface area contributed by atoms with Crippen LogP contribution in [0.25, 0.3) is 21.8 Å². The van der Waals surface area contributed by atoms with Crippen LogP contribution in [-0.4, -0.2) is 4.34 Å². The van der Waals surface area contributed by atoms with Crippen LogP contribution < -0.4 is 16.4 Å². The molecule has 0 radical (unpaired) electrons. The van der Waals surface area contributed by atoms with Gasteiger partial charge in [0.25, 0.3) is 0 Å². The molecule has 0 aliphatic heterocycles. The third-order valence-electron chi connectivity index (χ3n) is 5.54. The zero-order chi connectivity index (χ0) is 22.6. The molecule has 0 fully saturated rings. The van der Waals surface area contributed by atoms with E-state index in [-0.39, 0.29) is 8.73 Å². The molecule has 4 nitrogen and oxygen atoms in total. The number of benzene rings is 4. The van der Waals surface area contributed by atoms with E-state index in [1.165, 1.54) is 21.8 Å². The Morgan fingerprint density at radius 1 is 0.606 bits per heavy atom. The lowest BCUT2D eigenvalue weighted by molar-refractivity contribution is 1.12. The van der Waals surface area contributed by atoms with E-state index >= 15 is 0 Å². The SMILES string of the molecule is N/C(=C\C=C(/N)N(c1ccccc1)c1ccccc1)Pn1c2ccccc2c2ccccc21. The molecule has 0 saturated carbocycles. The molecule has 1 atom stereocenters. The van der Waals surface area contributed by atoms with Crippen molar-refractivity contribution < 1.29 is 0 Å². The minimum absolute atomic E-state index is 0.273. The van der Waals surface area contributed by atoms with Crippen LogP contribution in [0.15, 0.2) is 133 Å². The Hall–Kier alpha value is -4.01. The first-order chi connectivity index (χ1) is 16.2. The summed E-state index contributed by atoms with van der Waals surface area (Å²) in [5.41, 5.74) is 18.2. The molecule has 5 aromatic rings. The average molecular weight is 449 g/mol. The van der Waals surface area contributed by atoms with Gasteiger partial charge in [-0.15, -0.1) is 0 Å². The van der Waals surface area contributed by atoms with Crippen molar-refractivity contribution in [2.75, 3.05) is 4.90 Å². The summed E-state index contributed by atoms with van der Waals surface area (Å²) in [5, 5.41) is 2.48. The molecule has 162 valence electrons. The van der Waals surface area contributed by atoms with Gasteiger partial charge in [0.05, 0.1) is 16.5 Å². The monoisotopic (exact) mass is 448 g/mol. The minimum Gasteiger partial charge on any atom is -0.397 e. The van der Waals surface area contributed by atoms with Gasteiger partial charge in [-0.25, -0.2) is 0 Å². The fourth-order valence-electron chi connectivity index (χ4n) is 4.06. The Bertz CT molecular complexity index is 1360. The highest BCUT2D eigenvalue weighted by Crippen LogP contribution is 2.37. The zero-order valence-corrected chi connectivity index (χ0v) is 19.1. The van der Waals surface area contributed by atoms with Crippen molar-refractivity contribution in [2.45, 2.75) is 0 Å². The molecule has 1 aromatic heterocycles. The van der Waals surface area contributed by atoms with Crippen LogP contribution in [0.3, 0.4) is 0 Å². The highest BCUT2D eigenvalue weighted by atomic mass is 31.1. The third kappa shape index (κ3) is 4.21. The van der Waals surface area contributed by atoms with Crippen molar-refractivity contribution in [3.8, 4) is 0 Å². The molecule has 5 rings (SSSR count). The lowest BCUT2D eigenvalue weighted by Crippen LogP contribution is -2.22. The molecule has 0 spiro atoms. The van der Waals surface area contributed by atoms with Crippen molar-refractivity contribution in [2.24, 2.45) is 11.5 Å². The van der Waals surface area contributed by atoms with Crippen LogP contribution in [0.1, 0.15) is 0 Å². The van der Waals surface area contributed by atoms with Crippen LogP contribution >= 0.6 is 8.73 Å². The van der Waals surface area contributed by atoms with E-state index < -0.39 is 0 Å². The van der Waals surface area contributed by atoms with Gasteiger partial charge in [-0.2, -0.15) is 0 Å². The molecule has 1 unspecified atom stereocenters. The number of para-hydroxylation sites is 4. The van der Waals surface area contributed by atoms with E-state index in [1.54, 1.807) is 0 Å². The Balaban J connectivity index is 1.50. The van der Waals surface area contributed by atoms with E-state index in [0.717, 1.165) is 16.8 Å². The topological polar surface area (TPSA) is 60.2 Å². The Kier molecular flexibility index (Phi) is 5.84. The number of allylic oxidation sites excluding steroid dienone is 2. The van der Waals surface area contributed by atoms with Crippen LogP contribution in [0.2, 0.25) is 0 Å². The van der Waals surface area contributed by atoms with Gasteiger partial charge < -0.3 is 15.8 Å². The number of hydrogen-bond donors (Lipinski definition) is 2. The van der Waals surface area contributed by atoms with Gasteiger partial charge in [0, 0.05) is 30.9 Å². The summed E-state index contributed by atoms with van der Waals surface area (Å²) in [6.07, 6.45) is 3.80. The van der Waals surface area contributed by atoms with E-state index in [1.807, 2.05) is 77.7 Å². The van der Waals surface area contributed by atoms with E-state index in [2.05, 4.69) is 52.9 Å². The number of fused-ring (bicyclic) bond motifs is 3. The first-order valence-electron chi connectivity index (χ1n) is 10.8. The third-order valence-corrected chi connectivity index (χ3v) is 6.67. The van der Waals surface area contributed by atoms with Crippen molar-refractivity contribution in [1.82, 2.24) is 4.34 Å². The number of nitrogens with two attached hydrogens (primary N) is 2. The number of rotatable bonds is 6. The van der Waals surface area contributed by atoms with Gasteiger partial charge >= 0.3 is 0 Å². The molecule has 4 N–H and O–H groups in total. The fraction of sp³-hybridized carbons (Fsp3) is 0. The summed E-state index contributed by atoms with van der Waals surface area (Å²) in [6, 6.07) is 37.1. The number of anilines is 2. The second-order valence-corrected chi connectivity index (χ2v) is 8.95. The van der Waals surface area contributed by atoms with Crippen molar-refractivity contribution in [1.29, 1.82) is 0 Å². The molecule has 0 amide bonds. The van der Waals surface area contributed by atoms with Crippen LogP contribution in [0.5, 0.6) is 0 Å². The maximum absolute atomic E-state index is 6.57. The highest BCUT2D eigenvalue weighted by Gasteiger charge is 2.12. The van der Waals surface area contributed by atoms with Gasteiger partial charge in [0.1, 0.15) is 5.82 Å². The zero-order valence-electron chi connectivity index (χ0n) is 18.1. The molecule has 4 aromatic carbocycles. The normalized spacial score (nSPS) is 12.7. The van der Waals surface area contributed by atoms with Crippen LogP contribution in [0, 0.1) is 0 Å². The Labute approximate surface area is 195 Å². The van der Waals surface area contributed by atoms with Gasteiger partial charge in [-0.3, -0.25) is 4.90 Å². The van der Waals surface area contributed by atoms with Crippen molar-refractivity contribution in [3.05, 3.63) is 133 Å². The fourth-order valence-corrected chi connectivity index (χ4v) is 5.11. The van der Waals surface area contributed by atoms with Crippen molar-refractivity contribution >= 4 is 41.9 Å². The standard InChI is InChI=1S/C28H25N4P/c29-27(31(21-11-3-1-4-12-21)22-13-5-2-6-14-22)19-20-28(30)33-32-25-17-9-7-15-23(25)24-16-8-10-18-26(24)32/h1-20,33H,29-30H2/b27-19+,28-20+. The molecule has 5 heteroatoms. The maximum atomic E-state index is 6.57. The number of hydrogen-bond acceptors (Lipinski definition) is 3. The molecule has 1 heterocycles. The van der Waals surface area contributed by atoms with Gasteiger partial charge in [0.2, 0.25) is 0 Å². The highest BCUT2D eigenvalue weighted by molar-refractivity contribution is 7.41. The molecule has 0 aliphatic carbocycles. The van der Waals surface area contributed by atoms with E-state index in [9.17, 15) is 0 Å². The number of nitrogens with zero attached hydrogens (tertiary/aromatic N) is 2. The smallest absolute Gasteiger partial charge is 0.108 e. The predicted octanol–water partition coefficient (Wildman–Crippen LogP) is 6.67. The van der Waals surface area contributed by atoms with E-state index in [0.29, 0.717) is 5.82 Å². The summed E-state index contributed by atoms with van der Waals surface area (Å²) in [7, 11) is 0.273. The summed E-state index contributed by atoms with van der Waals surface area (Å²) in [6.45, 7) is 0. The lowest BCUT2D eigenvalue weighted by Gasteiger charge is -2.25. The van der Waals surface area contributed by atoms with Gasteiger partial charge in [-0.05, 0) is 48.6 Å². The van der Waals surface area contributed by atoms with Crippen LogP contribution in [-0.2, 0) is 0 Å². The van der Waals surface area contributed by atoms with Crippen LogP contribution in [0.4, 0.5) is 11.4 Å². The molecule has 0 bridgehead atoms. The second kappa shape index (κ2) is 9.23. The predicted molar refractivity (Wildman–Crippen MR) is 143 cm³/mol. The van der Waals surface area contributed by atoms with E-state index in [4.69, 9.17) is 11.5 Å². The molecule has 0 aliphatic rings. The van der Waals surface area contributed by atoms with Gasteiger partial charge in [-0.1, -0.05) is 72.8 Å². The second-order valence-electron chi connectivity index (χ2n) is 7.70. The minimum atomic E-state index is 0.273. The van der Waals surface area contributed by atoms with Gasteiger partial charge in [0.15, 0.2) is 0 Å². The largest absolute Gasteiger partial charge is 0.397 e. The summed E-state index contributed by atoms with van der Waals surface area (Å²) < 4.78 is 2.28. The Morgan fingerprint density at radius 2 is 1.06 bits per heavy atom. The average Bonchev–Trinajstić information content (AvgIpc) is 3.18. The molecule has 0 saturated heterocycles. The first-order valence-corrected chi connectivity index (χ1v) is 11.8. The molecule has 33 heavy (non-hydrogen) atoms. The summed E-state index contributed by atoms with van der Waals surface area (Å²) in [4.78, 5) is 2.02. The maximum Gasteiger partial charge on any atom is 0.108 e. The summed E-state index contributed by atoms with van der Waals surface area (Å²) in [5.74, 6) is 0.599.